The lowest BCUT2D eigenvalue weighted by molar-refractivity contribution is -0.349. The van der Waals surface area contributed by atoms with E-state index in [1.54, 1.807) is 0 Å². The second-order valence-corrected chi connectivity index (χ2v) is 13.1. The molecule has 262 valence electrons. The van der Waals surface area contributed by atoms with E-state index in [0.29, 0.717) is 13.0 Å². The number of ether oxygens (including phenoxy) is 8. The first-order valence-electron chi connectivity index (χ1n) is 14.7. The van der Waals surface area contributed by atoms with Gasteiger partial charge in [0.25, 0.3) is 0 Å². The molecule has 2 aliphatic rings. The number of carbonyl (C=O) groups is 3. The Balaban J connectivity index is 2.46. The quantitative estimate of drug-likeness (QED) is 0.0777. The van der Waals surface area contributed by atoms with E-state index in [1.165, 1.54) is 0 Å². The zero-order chi connectivity index (χ0) is 33.7. The van der Waals surface area contributed by atoms with Crippen LogP contribution in [0.1, 0.15) is 53.4 Å². The van der Waals surface area contributed by atoms with Crippen molar-refractivity contribution in [3.63, 3.8) is 0 Å². The van der Waals surface area contributed by atoms with Crippen molar-refractivity contribution in [3.05, 3.63) is 0 Å². The first kappa shape index (κ1) is 39.9. The Labute approximate surface area is 276 Å². The number of hydrogen-bond acceptors (Lipinski definition) is 14. The molecule has 0 aromatic carbocycles. The van der Waals surface area contributed by atoms with Crippen molar-refractivity contribution < 1.29 is 67.6 Å². The normalized spacial score (nSPS) is 32.0. The largest absolute Gasteiger partial charge is 0.463 e. The predicted octanol–water partition coefficient (Wildman–Crippen LogP) is 1.50. The lowest BCUT2D eigenvalue weighted by Crippen LogP contribution is -2.68. The maximum atomic E-state index is 12.6. The number of alkyl carbamates (subject to hydrolysis) is 1. The van der Waals surface area contributed by atoms with Crippen LogP contribution in [0.2, 0.25) is 0 Å². The third kappa shape index (κ3) is 13.4. The average Bonchev–Trinajstić information content (AvgIpc) is 2.95. The Hall–Kier alpha value is -1.24. The van der Waals surface area contributed by atoms with Gasteiger partial charge in [0, 0.05) is 27.1 Å². The van der Waals surface area contributed by atoms with E-state index in [2.05, 4.69) is 5.32 Å². The molecule has 15 nitrogen and oxygen atoms in total. The zero-order valence-electron chi connectivity index (χ0n) is 25.6. The SMILES string of the molecule is CCCCOCC1OC(O)[C@@H](NC(=O)OCC(Cl)(Cl)Cl)C(OCCCC)[C@@H]1O[C@@H]1OC(COC(C)=O)[C@H](O)C(O)[C@@H]1OC(C)=O. The Morgan fingerprint density at radius 3 is 2.09 bits per heavy atom. The maximum absolute atomic E-state index is 12.6. The van der Waals surface area contributed by atoms with Gasteiger partial charge in [-0.15, -0.1) is 0 Å². The second-order valence-electron chi connectivity index (χ2n) is 10.5. The van der Waals surface area contributed by atoms with Gasteiger partial charge in [0.1, 0.15) is 55.9 Å². The van der Waals surface area contributed by atoms with Crippen LogP contribution >= 0.6 is 34.8 Å². The van der Waals surface area contributed by atoms with Crippen LogP contribution in [0.4, 0.5) is 4.79 Å². The van der Waals surface area contributed by atoms with E-state index in [0.717, 1.165) is 33.1 Å². The highest BCUT2D eigenvalue weighted by Gasteiger charge is 2.53. The van der Waals surface area contributed by atoms with Gasteiger partial charge >= 0.3 is 18.0 Å². The van der Waals surface area contributed by atoms with Crippen LogP contribution in [0.15, 0.2) is 0 Å². The third-order valence-electron chi connectivity index (χ3n) is 6.74. The summed E-state index contributed by atoms with van der Waals surface area (Å²) >= 11 is 17.1. The van der Waals surface area contributed by atoms with Gasteiger partial charge in [-0.1, -0.05) is 61.5 Å². The first-order valence-corrected chi connectivity index (χ1v) is 15.8. The van der Waals surface area contributed by atoms with Gasteiger partial charge in [0.2, 0.25) is 3.79 Å². The summed E-state index contributed by atoms with van der Waals surface area (Å²) in [6.45, 7) is 5.50. The summed E-state index contributed by atoms with van der Waals surface area (Å²) in [5.41, 5.74) is 0. The molecule has 10 atom stereocenters. The molecule has 2 fully saturated rings. The molecule has 0 aromatic rings. The Morgan fingerprint density at radius 2 is 1.49 bits per heavy atom. The number of carbonyl (C=O) groups excluding carboxylic acids is 3. The van der Waals surface area contributed by atoms with Crippen molar-refractivity contribution in [2.75, 3.05) is 33.0 Å². The summed E-state index contributed by atoms with van der Waals surface area (Å²) in [6.07, 6.45) is -11.0. The van der Waals surface area contributed by atoms with E-state index in [1.807, 2.05) is 13.8 Å². The highest BCUT2D eigenvalue weighted by atomic mass is 35.6. The molecule has 5 unspecified atom stereocenters. The highest BCUT2D eigenvalue weighted by molar-refractivity contribution is 6.67. The third-order valence-corrected chi connectivity index (χ3v) is 7.07. The van der Waals surface area contributed by atoms with Crippen LogP contribution in [0, 0.1) is 0 Å². The molecular formula is C27H44Cl3NO14. The smallest absolute Gasteiger partial charge is 0.407 e. The van der Waals surface area contributed by atoms with Crippen LogP contribution < -0.4 is 5.32 Å². The van der Waals surface area contributed by atoms with Gasteiger partial charge in [-0.2, -0.15) is 0 Å². The Bertz CT molecular complexity index is 926. The summed E-state index contributed by atoms with van der Waals surface area (Å²) in [4.78, 5) is 36.0. The minimum Gasteiger partial charge on any atom is -0.463 e. The summed E-state index contributed by atoms with van der Waals surface area (Å²) < 4.78 is 43.1. The summed E-state index contributed by atoms with van der Waals surface area (Å²) in [6, 6.07) is -1.32. The molecule has 4 N–H and O–H groups in total. The van der Waals surface area contributed by atoms with Gasteiger partial charge in [-0.25, -0.2) is 4.79 Å². The molecule has 0 radical (unpaired) electrons. The fourth-order valence-electron chi connectivity index (χ4n) is 4.53. The minimum atomic E-state index is -1.90. The van der Waals surface area contributed by atoms with E-state index in [9.17, 15) is 29.7 Å². The number of hydrogen-bond donors (Lipinski definition) is 4. The number of unbranched alkanes of at least 4 members (excludes halogenated alkanes) is 2. The number of alkyl halides is 3. The first-order chi connectivity index (χ1) is 21.2. The lowest BCUT2D eigenvalue weighted by Gasteiger charge is -2.48. The number of amides is 1. The van der Waals surface area contributed by atoms with Crippen LogP contribution in [0.5, 0.6) is 0 Å². The van der Waals surface area contributed by atoms with Gasteiger partial charge in [0.15, 0.2) is 18.7 Å². The Kier molecular flexibility index (Phi) is 17.4. The van der Waals surface area contributed by atoms with Crippen LogP contribution in [0.3, 0.4) is 0 Å². The fourth-order valence-corrected chi connectivity index (χ4v) is 4.69. The molecule has 0 saturated carbocycles. The molecule has 2 rings (SSSR count). The number of rotatable bonds is 16. The van der Waals surface area contributed by atoms with E-state index < -0.39 is 96.4 Å². The molecule has 0 bridgehead atoms. The van der Waals surface area contributed by atoms with Gasteiger partial charge < -0.3 is 58.5 Å². The number of esters is 2. The predicted molar refractivity (Wildman–Crippen MR) is 158 cm³/mol. The fraction of sp³-hybridized carbons (Fsp3) is 0.889. The maximum Gasteiger partial charge on any atom is 0.407 e. The summed E-state index contributed by atoms with van der Waals surface area (Å²) in [7, 11) is 0. The van der Waals surface area contributed by atoms with Crippen molar-refractivity contribution in [2.24, 2.45) is 0 Å². The van der Waals surface area contributed by atoms with Crippen LogP contribution in [0.25, 0.3) is 0 Å². The molecular weight excluding hydrogens is 669 g/mol. The highest BCUT2D eigenvalue weighted by Crippen LogP contribution is 2.32. The van der Waals surface area contributed by atoms with Gasteiger partial charge in [-0.3, -0.25) is 9.59 Å². The summed E-state index contributed by atoms with van der Waals surface area (Å²) in [5, 5.41) is 35.0. The van der Waals surface area contributed by atoms with Crippen LogP contribution in [-0.4, -0.2) is 132 Å². The topological polar surface area (TPSA) is 198 Å². The van der Waals surface area contributed by atoms with Crippen molar-refractivity contribution in [1.82, 2.24) is 5.32 Å². The van der Waals surface area contributed by atoms with Gasteiger partial charge in [0.05, 0.1) is 6.61 Å². The molecule has 2 heterocycles. The van der Waals surface area contributed by atoms with Crippen molar-refractivity contribution in [1.29, 1.82) is 0 Å². The number of nitrogens with one attached hydrogen (secondary N) is 1. The number of aliphatic hydroxyl groups is 3. The van der Waals surface area contributed by atoms with Crippen molar-refractivity contribution in [2.45, 2.75) is 119 Å². The zero-order valence-corrected chi connectivity index (χ0v) is 27.9. The van der Waals surface area contributed by atoms with Crippen molar-refractivity contribution >= 4 is 52.8 Å². The van der Waals surface area contributed by atoms with E-state index >= 15 is 0 Å². The average molecular weight is 713 g/mol. The molecule has 0 spiro atoms. The van der Waals surface area contributed by atoms with E-state index in [4.69, 9.17) is 72.7 Å². The molecule has 0 aliphatic carbocycles. The van der Waals surface area contributed by atoms with Crippen molar-refractivity contribution in [3.8, 4) is 0 Å². The molecule has 2 saturated heterocycles. The molecule has 2 aliphatic heterocycles. The molecule has 45 heavy (non-hydrogen) atoms. The summed E-state index contributed by atoms with van der Waals surface area (Å²) in [5.74, 6) is -1.48. The standard InChI is InChI=1S/C27H44Cl3NO14/c1-5-7-9-38-11-17-21(45-25-23(42-15(4)33)20(35)19(34)16(44-25)12-40-14(3)32)22(39-10-8-6-2)18(24(36)43-17)31-26(37)41-13-27(28,29)30/h16-25,34-36H,5-13H2,1-4H3,(H,31,37)/t16?,17?,18-,19-,20?,21+,22?,23-,24?,25-/m0/s1. The molecule has 18 heteroatoms. The molecule has 1 amide bonds. The lowest BCUT2D eigenvalue weighted by atomic mass is 9.95. The molecule has 0 aromatic heterocycles. The monoisotopic (exact) mass is 711 g/mol. The minimum absolute atomic E-state index is 0.104. The van der Waals surface area contributed by atoms with Gasteiger partial charge in [-0.05, 0) is 12.8 Å². The number of halogens is 3. The Morgan fingerprint density at radius 1 is 0.822 bits per heavy atom. The second kappa shape index (κ2) is 19.5. The number of aliphatic hydroxyl groups excluding tert-OH is 3. The van der Waals surface area contributed by atoms with Crippen LogP contribution in [-0.2, 0) is 47.5 Å². The van der Waals surface area contributed by atoms with E-state index in [-0.39, 0.29) is 13.2 Å².